The monoisotopic (exact) mass is 224 g/mol. The predicted octanol–water partition coefficient (Wildman–Crippen LogP) is 1.22. The summed E-state index contributed by atoms with van der Waals surface area (Å²) in [7, 11) is 0. The van der Waals surface area contributed by atoms with Gasteiger partial charge in [0.05, 0.1) is 18.8 Å². The maximum Gasteiger partial charge on any atom is 0.257 e. The van der Waals surface area contributed by atoms with E-state index in [1.165, 1.54) is 0 Å². The van der Waals surface area contributed by atoms with E-state index in [1.807, 2.05) is 0 Å². The van der Waals surface area contributed by atoms with Gasteiger partial charge in [-0.25, -0.2) is 0 Å². The lowest BCUT2D eigenvalue weighted by Gasteiger charge is -2.26. The number of nitrogens with one attached hydrogen (secondary N) is 1. The fourth-order valence-electron chi connectivity index (χ4n) is 1.53. The van der Waals surface area contributed by atoms with Crippen LogP contribution in [-0.4, -0.2) is 42.1 Å². The van der Waals surface area contributed by atoms with Crippen LogP contribution in [0.15, 0.2) is 18.3 Å². The van der Waals surface area contributed by atoms with Crippen molar-refractivity contribution in [3.63, 3.8) is 0 Å². The summed E-state index contributed by atoms with van der Waals surface area (Å²) in [6.07, 6.45) is 1.72. The van der Waals surface area contributed by atoms with Crippen LogP contribution in [0.2, 0.25) is 0 Å². The molecule has 15 heavy (non-hydrogen) atoms. The van der Waals surface area contributed by atoms with E-state index in [0.717, 1.165) is 0 Å². The first-order valence-electron chi connectivity index (χ1n) is 4.84. The highest BCUT2D eigenvalue weighted by Crippen LogP contribution is 2.07. The molecule has 0 bridgehead atoms. The smallest absolute Gasteiger partial charge is 0.257 e. The summed E-state index contributed by atoms with van der Waals surface area (Å²) < 4.78 is 5.68. The lowest BCUT2D eigenvalue weighted by atomic mass is 10.2. The highest BCUT2D eigenvalue weighted by molar-refractivity contribution is 7.71. The molecule has 1 aromatic rings. The topological polar surface area (TPSA) is 45.3 Å². The molecule has 1 fully saturated rings. The average Bonchev–Trinajstić information content (AvgIpc) is 2.30. The van der Waals surface area contributed by atoms with Crippen LogP contribution in [0.1, 0.15) is 10.4 Å². The van der Waals surface area contributed by atoms with Gasteiger partial charge >= 0.3 is 0 Å². The molecule has 2 rings (SSSR count). The van der Waals surface area contributed by atoms with Crippen LogP contribution in [0.5, 0.6) is 0 Å². The Balaban J connectivity index is 2.20. The predicted molar refractivity (Wildman–Crippen MR) is 58.3 cm³/mol. The van der Waals surface area contributed by atoms with Gasteiger partial charge in [0.1, 0.15) is 4.64 Å². The minimum atomic E-state index is -0.0137. The number of rotatable bonds is 1. The zero-order chi connectivity index (χ0) is 10.7. The van der Waals surface area contributed by atoms with Crippen LogP contribution >= 0.6 is 12.2 Å². The normalized spacial score (nSPS) is 16.4. The van der Waals surface area contributed by atoms with Gasteiger partial charge < -0.3 is 14.6 Å². The van der Waals surface area contributed by atoms with E-state index in [0.29, 0.717) is 36.5 Å². The van der Waals surface area contributed by atoms with Crippen LogP contribution in [0.4, 0.5) is 0 Å². The van der Waals surface area contributed by atoms with E-state index in [-0.39, 0.29) is 5.91 Å². The van der Waals surface area contributed by atoms with Gasteiger partial charge in [0, 0.05) is 19.3 Å². The van der Waals surface area contributed by atoms with E-state index in [9.17, 15) is 4.79 Å². The molecule has 0 spiro atoms. The number of ether oxygens (including phenoxy) is 1. The fourth-order valence-corrected chi connectivity index (χ4v) is 1.75. The average molecular weight is 224 g/mol. The summed E-state index contributed by atoms with van der Waals surface area (Å²) in [6.45, 7) is 2.50. The first-order valence-corrected chi connectivity index (χ1v) is 5.24. The van der Waals surface area contributed by atoms with E-state index >= 15 is 0 Å². The summed E-state index contributed by atoms with van der Waals surface area (Å²) in [5, 5.41) is 0. The molecular formula is C10H12N2O2S. The van der Waals surface area contributed by atoms with E-state index in [4.69, 9.17) is 17.0 Å². The SMILES string of the molecule is O=C(c1ccc[nH]c1=S)N1CCOCC1. The molecule has 0 aromatic carbocycles. The number of aromatic amines is 1. The Kier molecular flexibility index (Phi) is 3.13. The molecule has 80 valence electrons. The fraction of sp³-hybridized carbons (Fsp3) is 0.400. The summed E-state index contributed by atoms with van der Waals surface area (Å²) in [4.78, 5) is 16.6. The Hall–Kier alpha value is -1.20. The van der Waals surface area contributed by atoms with Gasteiger partial charge in [-0.2, -0.15) is 0 Å². The molecule has 0 atom stereocenters. The van der Waals surface area contributed by atoms with Crippen molar-refractivity contribution in [1.29, 1.82) is 0 Å². The van der Waals surface area contributed by atoms with Crippen LogP contribution in [-0.2, 0) is 4.74 Å². The molecule has 2 heterocycles. The van der Waals surface area contributed by atoms with Crippen LogP contribution in [0.25, 0.3) is 0 Å². The standard InChI is InChI=1S/C10H12N2O2S/c13-10(12-4-6-14-7-5-12)8-2-1-3-11-9(8)15/h1-3H,4-7H2,(H,11,15). The van der Waals surface area contributed by atoms with E-state index in [1.54, 1.807) is 23.2 Å². The van der Waals surface area contributed by atoms with Crippen molar-refractivity contribution in [1.82, 2.24) is 9.88 Å². The third-order valence-electron chi connectivity index (χ3n) is 2.35. The molecule has 1 N–H and O–H groups in total. The second kappa shape index (κ2) is 4.55. The van der Waals surface area contributed by atoms with Crippen molar-refractivity contribution in [2.45, 2.75) is 0 Å². The van der Waals surface area contributed by atoms with Crippen LogP contribution < -0.4 is 0 Å². The van der Waals surface area contributed by atoms with Crippen molar-refractivity contribution < 1.29 is 9.53 Å². The Bertz CT molecular complexity index is 410. The second-order valence-corrected chi connectivity index (χ2v) is 3.73. The molecule has 0 unspecified atom stereocenters. The molecule has 0 aliphatic carbocycles. The van der Waals surface area contributed by atoms with Crippen LogP contribution in [0.3, 0.4) is 0 Å². The summed E-state index contributed by atoms with van der Waals surface area (Å²) in [5.41, 5.74) is 0.564. The van der Waals surface area contributed by atoms with Crippen LogP contribution in [0, 0.1) is 4.64 Å². The van der Waals surface area contributed by atoms with Gasteiger partial charge in [-0.3, -0.25) is 4.79 Å². The van der Waals surface area contributed by atoms with Gasteiger partial charge in [-0.1, -0.05) is 12.2 Å². The molecule has 5 heteroatoms. The van der Waals surface area contributed by atoms with Crippen molar-refractivity contribution in [3.8, 4) is 0 Å². The number of hydrogen-bond donors (Lipinski definition) is 1. The quantitative estimate of drug-likeness (QED) is 0.729. The summed E-state index contributed by atoms with van der Waals surface area (Å²) in [5.74, 6) is -0.0137. The largest absolute Gasteiger partial charge is 0.378 e. The number of H-pyrrole nitrogens is 1. The van der Waals surface area contributed by atoms with Crippen molar-refractivity contribution in [3.05, 3.63) is 28.5 Å². The first kappa shape index (κ1) is 10.3. The summed E-state index contributed by atoms with van der Waals surface area (Å²) in [6, 6.07) is 3.53. The molecule has 1 aliphatic heterocycles. The molecular weight excluding hydrogens is 212 g/mol. The number of carbonyl (C=O) groups excluding carboxylic acids is 1. The summed E-state index contributed by atoms with van der Waals surface area (Å²) >= 11 is 5.06. The molecule has 1 amide bonds. The van der Waals surface area contributed by atoms with Gasteiger partial charge in [-0.05, 0) is 12.1 Å². The zero-order valence-corrected chi connectivity index (χ0v) is 9.05. The highest BCUT2D eigenvalue weighted by Gasteiger charge is 2.19. The lowest BCUT2D eigenvalue weighted by molar-refractivity contribution is 0.0302. The van der Waals surface area contributed by atoms with E-state index in [2.05, 4.69) is 4.98 Å². The van der Waals surface area contributed by atoms with Crippen molar-refractivity contribution >= 4 is 18.1 Å². The maximum atomic E-state index is 12.0. The second-order valence-electron chi connectivity index (χ2n) is 3.32. The molecule has 1 aromatic heterocycles. The Morgan fingerprint density at radius 2 is 2.20 bits per heavy atom. The van der Waals surface area contributed by atoms with Crippen molar-refractivity contribution in [2.75, 3.05) is 26.3 Å². The number of pyridine rings is 1. The molecule has 0 saturated carbocycles. The number of carbonyl (C=O) groups is 1. The highest BCUT2D eigenvalue weighted by atomic mass is 32.1. The number of morpholine rings is 1. The third kappa shape index (κ3) is 2.24. The van der Waals surface area contributed by atoms with Gasteiger partial charge in [-0.15, -0.1) is 0 Å². The van der Waals surface area contributed by atoms with Gasteiger partial charge in [0.2, 0.25) is 0 Å². The third-order valence-corrected chi connectivity index (χ3v) is 2.68. The molecule has 1 aliphatic rings. The first-order chi connectivity index (χ1) is 7.29. The minimum absolute atomic E-state index is 0.0137. The molecule has 1 saturated heterocycles. The number of nitrogens with zero attached hydrogens (tertiary/aromatic N) is 1. The van der Waals surface area contributed by atoms with E-state index < -0.39 is 0 Å². The Morgan fingerprint density at radius 3 is 2.87 bits per heavy atom. The molecule has 0 radical (unpaired) electrons. The zero-order valence-electron chi connectivity index (χ0n) is 8.23. The Morgan fingerprint density at radius 1 is 1.47 bits per heavy atom. The number of hydrogen-bond acceptors (Lipinski definition) is 3. The van der Waals surface area contributed by atoms with Crippen molar-refractivity contribution in [2.24, 2.45) is 0 Å². The minimum Gasteiger partial charge on any atom is -0.378 e. The number of amides is 1. The van der Waals surface area contributed by atoms with Gasteiger partial charge in [0.25, 0.3) is 5.91 Å². The Labute approximate surface area is 92.9 Å². The molecule has 4 nitrogen and oxygen atoms in total. The maximum absolute atomic E-state index is 12.0. The van der Waals surface area contributed by atoms with Gasteiger partial charge in [0.15, 0.2) is 0 Å². The lowest BCUT2D eigenvalue weighted by Crippen LogP contribution is -2.40. The number of aromatic nitrogens is 1.